The van der Waals surface area contributed by atoms with Crippen molar-refractivity contribution in [3.8, 4) is 11.3 Å². The van der Waals surface area contributed by atoms with Crippen LogP contribution in [0.15, 0.2) is 48.7 Å². The topological polar surface area (TPSA) is 44.1 Å². The summed E-state index contributed by atoms with van der Waals surface area (Å²) in [4.78, 5) is 15.8. The van der Waals surface area contributed by atoms with Gasteiger partial charge in [-0.2, -0.15) is 0 Å². The van der Waals surface area contributed by atoms with E-state index in [1.165, 1.54) is 7.11 Å². The molecule has 0 unspecified atom stereocenters. The number of ether oxygens (including phenoxy) is 1. The highest BCUT2D eigenvalue weighted by Crippen LogP contribution is 2.26. The Morgan fingerprint density at radius 3 is 2.60 bits per heavy atom. The fraction of sp³-hybridized carbons (Fsp3) is 0.125. The third-order valence-electron chi connectivity index (χ3n) is 3.39. The first-order chi connectivity index (χ1) is 9.70. The number of carbonyl (C=O) groups excluding carboxylic acids is 1. The summed E-state index contributed by atoms with van der Waals surface area (Å²) in [5.74, 6) is -0.324. The fourth-order valence-corrected chi connectivity index (χ4v) is 2.33. The highest BCUT2D eigenvalue weighted by atomic mass is 16.5. The van der Waals surface area contributed by atoms with Crippen LogP contribution in [0.25, 0.3) is 22.3 Å². The summed E-state index contributed by atoms with van der Waals surface area (Å²) >= 11 is 0. The van der Waals surface area contributed by atoms with E-state index in [9.17, 15) is 4.79 Å². The summed E-state index contributed by atoms with van der Waals surface area (Å²) < 4.78 is 6.74. The monoisotopic (exact) mass is 266 g/mol. The van der Waals surface area contributed by atoms with Gasteiger partial charge < -0.3 is 9.30 Å². The maximum Gasteiger partial charge on any atom is 0.337 e. The Balaban J connectivity index is 2.07. The maximum atomic E-state index is 11.4. The molecule has 0 saturated carbocycles. The standard InChI is InChI=1S/C16H14N2O2/c1-18-14(10-13-4-3-9-17-15(13)18)11-5-7-12(8-6-11)16(19)20-2/h3-10H,1-2H3. The molecule has 0 amide bonds. The Hall–Kier alpha value is -2.62. The first kappa shape index (κ1) is 12.4. The van der Waals surface area contributed by atoms with Crippen molar-refractivity contribution in [2.45, 2.75) is 0 Å². The largest absolute Gasteiger partial charge is 0.465 e. The van der Waals surface area contributed by atoms with Crippen LogP contribution < -0.4 is 0 Å². The molecule has 0 bridgehead atoms. The molecule has 0 radical (unpaired) electrons. The Labute approximate surface area is 116 Å². The molecule has 4 heteroatoms. The fourth-order valence-electron chi connectivity index (χ4n) is 2.33. The molecule has 0 aliphatic rings. The van der Waals surface area contributed by atoms with Gasteiger partial charge in [-0.05, 0) is 35.9 Å². The van der Waals surface area contributed by atoms with Crippen LogP contribution in [-0.4, -0.2) is 22.6 Å². The van der Waals surface area contributed by atoms with Crippen LogP contribution in [0, 0.1) is 0 Å². The second-order valence-electron chi connectivity index (χ2n) is 4.57. The van der Waals surface area contributed by atoms with Crippen molar-refractivity contribution in [1.29, 1.82) is 0 Å². The minimum absolute atomic E-state index is 0.324. The summed E-state index contributed by atoms with van der Waals surface area (Å²) in [7, 11) is 3.37. The summed E-state index contributed by atoms with van der Waals surface area (Å²) in [6, 6.07) is 13.4. The molecule has 0 spiro atoms. The van der Waals surface area contributed by atoms with Gasteiger partial charge in [0.05, 0.1) is 18.4 Å². The summed E-state index contributed by atoms with van der Waals surface area (Å²) in [5.41, 5.74) is 3.60. The van der Waals surface area contributed by atoms with Crippen LogP contribution in [0.5, 0.6) is 0 Å². The Morgan fingerprint density at radius 1 is 1.20 bits per heavy atom. The molecule has 20 heavy (non-hydrogen) atoms. The van der Waals surface area contributed by atoms with Crippen molar-refractivity contribution < 1.29 is 9.53 Å². The number of nitrogens with zero attached hydrogens (tertiary/aromatic N) is 2. The van der Waals surface area contributed by atoms with Crippen molar-refractivity contribution in [1.82, 2.24) is 9.55 Å². The second kappa shape index (κ2) is 4.81. The maximum absolute atomic E-state index is 11.4. The molecule has 100 valence electrons. The summed E-state index contributed by atoms with van der Waals surface area (Å²) in [5, 5.41) is 1.10. The van der Waals surface area contributed by atoms with Crippen molar-refractivity contribution in [2.75, 3.05) is 7.11 Å². The normalized spacial score (nSPS) is 10.7. The second-order valence-corrected chi connectivity index (χ2v) is 4.57. The number of hydrogen-bond donors (Lipinski definition) is 0. The van der Waals surface area contributed by atoms with E-state index < -0.39 is 0 Å². The number of aromatic nitrogens is 2. The van der Waals surface area contributed by atoms with Crippen molar-refractivity contribution in [3.05, 3.63) is 54.2 Å². The van der Waals surface area contributed by atoms with Crippen LogP contribution >= 0.6 is 0 Å². The molecule has 1 aromatic carbocycles. The predicted molar refractivity (Wildman–Crippen MR) is 77.5 cm³/mol. The van der Waals surface area contributed by atoms with Gasteiger partial charge >= 0.3 is 5.97 Å². The SMILES string of the molecule is COC(=O)c1ccc(-c2cc3cccnc3n2C)cc1. The Bertz CT molecular complexity index is 773. The average Bonchev–Trinajstić information content (AvgIpc) is 2.84. The number of rotatable bonds is 2. The van der Waals surface area contributed by atoms with E-state index in [0.717, 1.165) is 22.3 Å². The van der Waals surface area contributed by atoms with Crippen LogP contribution in [0.1, 0.15) is 10.4 Å². The lowest BCUT2D eigenvalue weighted by molar-refractivity contribution is 0.0601. The highest BCUT2D eigenvalue weighted by Gasteiger charge is 2.10. The first-order valence-corrected chi connectivity index (χ1v) is 6.30. The van der Waals surface area contributed by atoms with Gasteiger partial charge in [0.25, 0.3) is 0 Å². The van der Waals surface area contributed by atoms with E-state index in [2.05, 4.69) is 11.1 Å². The molecule has 2 aromatic heterocycles. The lowest BCUT2D eigenvalue weighted by Gasteiger charge is -2.05. The van der Waals surface area contributed by atoms with E-state index in [4.69, 9.17) is 4.74 Å². The molecule has 0 fully saturated rings. The molecule has 0 saturated heterocycles. The third kappa shape index (κ3) is 1.95. The summed E-state index contributed by atoms with van der Waals surface area (Å²) in [6.45, 7) is 0. The van der Waals surface area contributed by atoms with Gasteiger partial charge in [-0.3, -0.25) is 0 Å². The smallest absolute Gasteiger partial charge is 0.337 e. The van der Waals surface area contributed by atoms with E-state index in [1.54, 1.807) is 18.3 Å². The molecule has 4 nitrogen and oxygen atoms in total. The number of esters is 1. The van der Waals surface area contributed by atoms with E-state index in [-0.39, 0.29) is 5.97 Å². The zero-order chi connectivity index (χ0) is 14.1. The molecule has 0 aliphatic carbocycles. The lowest BCUT2D eigenvalue weighted by atomic mass is 10.1. The number of benzene rings is 1. The molecule has 3 aromatic rings. The lowest BCUT2D eigenvalue weighted by Crippen LogP contribution is -2.00. The molecule has 0 atom stereocenters. The van der Waals surface area contributed by atoms with Crippen LogP contribution in [0.4, 0.5) is 0 Å². The molecule has 0 N–H and O–H groups in total. The van der Waals surface area contributed by atoms with Crippen molar-refractivity contribution in [2.24, 2.45) is 7.05 Å². The average molecular weight is 266 g/mol. The molecule has 3 rings (SSSR count). The van der Waals surface area contributed by atoms with Gasteiger partial charge in [-0.15, -0.1) is 0 Å². The van der Waals surface area contributed by atoms with Crippen LogP contribution in [-0.2, 0) is 11.8 Å². The number of methoxy groups -OCH3 is 1. The molecule has 0 aliphatic heterocycles. The minimum Gasteiger partial charge on any atom is -0.465 e. The zero-order valence-corrected chi connectivity index (χ0v) is 11.3. The molecule has 2 heterocycles. The van der Waals surface area contributed by atoms with Crippen molar-refractivity contribution in [3.63, 3.8) is 0 Å². The van der Waals surface area contributed by atoms with E-state index in [0.29, 0.717) is 5.56 Å². The van der Waals surface area contributed by atoms with E-state index in [1.807, 2.05) is 35.9 Å². The van der Waals surface area contributed by atoms with Gasteiger partial charge in [0.2, 0.25) is 0 Å². The first-order valence-electron chi connectivity index (χ1n) is 6.30. The zero-order valence-electron chi connectivity index (χ0n) is 11.3. The third-order valence-corrected chi connectivity index (χ3v) is 3.39. The van der Waals surface area contributed by atoms with Gasteiger partial charge in [0.1, 0.15) is 5.65 Å². The van der Waals surface area contributed by atoms with Gasteiger partial charge in [-0.25, -0.2) is 9.78 Å². The Morgan fingerprint density at radius 2 is 1.95 bits per heavy atom. The van der Waals surface area contributed by atoms with E-state index >= 15 is 0 Å². The number of pyridine rings is 1. The minimum atomic E-state index is -0.324. The molecular weight excluding hydrogens is 252 g/mol. The highest BCUT2D eigenvalue weighted by molar-refractivity contribution is 5.90. The van der Waals surface area contributed by atoms with Crippen LogP contribution in [0.3, 0.4) is 0 Å². The van der Waals surface area contributed by atoms with Crippen molar-refractivity contribution >= 4 is 17.0 Å². The Kier molecular flexibility index (Phi) is 2.99. The molecular formula is C16H14N2O2. The number of fused-ring (bicyclic) bond motifs is 1. The number of aryl methyl sites for hydroxylation is 1. The van der Waals surface area contributed by atoms with Gasteiger partial charge in [0, 0.05) is 18.6 Å². The number of carbonyl (C=O) groups is 1. The summed E-state index contributed by atoms with van der Waals surface area (Å²) in [6.07, 6.45) is 1.78. The van der Waals surface area contributed by atoms with Crippen LogP contribution in [0.2, 0.25) is 0 Å². The van der Waals surface area contributed by atoms with Gasteiger partial charge in [0.15, 0.2) is 0 Å². The predicted octanol–water partition coefficient (Wildman–Crippen LogP) is 3.03. The van der Waals surface area contributed by atoms with Gasteiger partial charge in [-0.1, -0.05) is 12.1 Å². The quantitative estimate of drug-likeness (QED) is 0.670. The number of hydrogen-bond acceptors (Lipinski definition) is 3.